The number of nitro groups is 1. The van der Waals surface area contributed by atoms with Crippen LogP contribution in [0.3, 0.4) is 0 Å². The van der Waals surface area contributed by atoms with Crippen LogP contribution in [0.5, 0.6) is 5.88 Å². The maximum absolute atomic E-state index is 11.3. The molecule has 1 aromatic heterocycles. The Hall–Kier alpha value is -1.92. The van der Waals surface area contributed by atoms with Crippen molar-refractivity contribution in [1.82, 2.24) is 9.97 Å². The lowest BCUT2D eigenvalue weighted by molar-refractivity contribution is -0.385. The molecule has 0 aromatic carbocycles. The minimum atomic E-state index is -0.483. The highest BCUT2D eigenvalue weighted by atomic mass is 16.6. The van der Waals surface area contributed by atoms with Gasteiger partial charge in [0.05, 0.1) is 11.5 Å². The fourth-order valence-electron chi connectivity index (χ4n) is 1.64. The quantitative estimate of drug-likeness (QED) is 0.427. The first-order valence-corrected chi connectivity index (χ1v) is 7.41. The third-order valence-corrected chi connectivity index (χ3v) is 2.81. The molecular formula is C14H24N4O3. The second kappa shape index (κ2) is 8.39. The van der Waals surface area contributed by atoms with Crippen molar-refractivity contribution in [2.24, 2.45) is 5.92 Å². The lowest BCUT2D eigenvalue weighted by Gasteiger charge is -2.12. The van der Waals surface area contributed by atoms with Gasteiger partial charge in [-0.15, -0.1) is 0 Å². The highest BCUT2D eigenvalue weighted by Crippen LogP contribution is 2.32. The van der Waals surface area contributed by atoms with Gasteiger partial charge in [0.25, 0.3) is 5.88 Å². The van der Waals surface area contributed by atoms with E-state index in [1.165, 1.54) is 0 Å². The van der Waals surface area contributed by atoms with Crippen molar-refractivity contribution >= 4 is 11.5 Å². The molecule has 7 nitrogen and oxygen atoms in total. The molecule has 1 heterocycles. The zero-order valence-electron chi connectivity index (χ0n) is 13.2. The molecule has 0 unspecified atom stereocenters. The van der Waals surface area contributed by atoms with Gasteiger partial charge in [-0.3, -0.25) is 10.1 Å². The monoisotopic (exact) mass is 296 g/mol. The smallest absolute Gasteiger partial charge is 0.372 e. The van der Waals surface area contributed by atoms with E-state index in [1.54, 1.807) is 0 Å². The van der Waals surface area contributed by atoms with Crippen LogP contribution in [0, 0.1) is 16.0 Å². The Morgan fingerprint density at radius 3 is 2.57 bits per heavy atom. The first-order valence-electron chi connectivity index (χ1n) is 7.41. The summed E-state index contributed by atoms with van der Waals surface area (Å²) in [7, 11) is 0. The van der Waals surface area contributed by atoms with E-state index in [1.807, 2.05) is 27.7 Å². The molecule has 0 fully saturated rings. The van der Waals surface area contributed by atoms with Gasteiger partial charge >= 0.3 is 5.69 Å². The normalized spacial score (nSPS) is 10.7. The lowest BCUT2D eigenvalue weighted by atomic mass is 10.2. The van der Waals surface area contributed by atoms with E-state index in [9.17, 15) is 10.1 Å². The Morgan fingerprint density at radius 2 is 2.05 bits per heavy atom. The standard InChI is InChI=1S/C14H24N4O3/c1-5-7-8-21-14-12(18(19)20)13(15-9-10(3)4)16-11(6-2)17-14/h10H,5-9H2,1-4H3,(H,15,16,17). The fourth-order valence-corrected chi connectivity index (χ4v) is 1.64. The van der Waals surface area contributed by atoms with Gasteiger partial charge in [0.15, 0.2) is 0 Å². The maximum atomic E-state index is 11.3. The topological polar surface area (TPSA) is 90.2 Å². The minimum Gasteiger partial charge on any atom is -0.473 e. The molecule has 1 aromatic rings. The summed E-state index contributed by atoms with van der Waals surface area (Å²) in [6.07, 6.45) is 2.38. The Labute approximate surface area is 125 Å². The predicted molar refractivity (Wildman–Crippen MR) is 81.8 cm³/mol. The van der Waals surface area contributed by atoms with Crippen LogP contribution in [0.25, 0.3) is 0 Å². The van der Waals surface area contributed by atoms with Crippen LogP contribution in [0.2, 0.25) is 0 Å². The van der Waals surface area contributed by atoms with Crippen LogP contribution < -0.4 is 10.1 Å². The molecule has 0 aliphatic carbocycles. The maximum Gasteiger partial charge on any atom is 0.372 e. The summed E-state index contributed by atoms with van der Waals surface area (Å²) in [5.41, 5.74) is -0.177. The average molecular weight is 296 g/mol. The van der Waals surface area contributed by atoms with Crippen LogP contribution in [0.4, 0.5) is 11.5 Å². The number of anilines is 1. The van der Waals surface area contributed by atoms with E-state index in [4.69, 9.17) is 4.74 Å². The minimum absolute atomic E-state index is 0.0616. The van der Waals surface area contributed by atoms with Gasteiger partial charge < -0.3 is 10.1 Å². The Balaban J connectivity index is 3.12. The first-order chi connectivity index (χ1) is 9.99. The van der Waals surface area contributed by atoms with Crippen LogP contribution in [0.15, 0.2) is 0 Å². The molecule has 7 heteroatoms. The van der Waals surface area contributed by atoms with Crippen molar-refractivity contribution in [1.29, 1.82) is 0 Å². The Bertz CT molecular complexity index is 478. The third kappa shape index (κ3) is 5.17. The lowest BCUT2D eigenvalue weighted by Crippen LogP contribution is -2.14. The molecule has 1 rings (SSSR count). The van der Waals surface area contributed by atoms with Gasteiger partial charge in [-0.2, -0.15) is 4.98 Å². The summed E-state index contributed by atoms with van der Waals surface area (Å²) < 4.78 is 5.50. The zero-order chi connectivity index (χ0) is 15.8. The van der Waals surface area contributed by atoms with E-state index in [0.717, 1.165) is 12.8 Å². The SMILES string of the molecule is CCCCOc1nc(CC)nc(NCC(C)C)c1[N+](=O)[O-]. The van der Waals surface area contributed by atoms with Gasteiger partial charge in [-0.05, 0) is 12.3 Å². The van der Waals surface area contributed by atoms with E-state index in [-0.39, 0.29) is 17.4 Å². The molecule has 0 radical (unpaired) electrons. The van der Waals surface area contributed by atoms with Gasteiger partial charge in [-0.25, -0.2) is 4.98 Å². The summed E-state index contributed by atoms with van der Waals surface area (Å²) in [6, 6.07) is 0. The molecule has 0 bridgehead atoms. The van der Waals surface area contributed by atoms with Crippen LogP contribution in [-0.2, 0) is 6.42 Å². The van der Waals surface area contributed by atoms with Crippen molar-refractivity contribution in [3.05, 3.63) is 15.9 Å². The van der Waals surface area contributed by atoms with Crippen LogP contribution in [-0.4, -0.2) is 28.0 Å². The molecule has 0 saturated carbocycles. The summed E-state index contributed by atoms with van der Waals surface area (Å²) in [5, 5.41) is 14.4. The van der Waals surface area contributed by atoms with Crippen LogP contribution >= 0.6 is 0 Å². The molecule has 0 saturated heterocycles. The molecule has 118 valence electrons. The number of aromatic nitrogens is 2. The number of rotatable bonds is 9. The highest BCUT2D eigenvalue weighted by molar-refractivity contribution is 5.61. The van der Waals surface area contributed by atoms with Gasteiger partial charge in [0, 0.05) is 13.0 Å². The second-order valence-corrected chi connectivity index (χ2v) is 5.23. The molecular weight excluding hydrogens is 272 g/mol. The van der Waals surface area contributed by atoms with E-state index in [0.29, 0.717) is 31.3 Å². The summed E-state index contributed by atoms with van der Waals surface area (Å²) in [4.78, 5) is 19.2. The van der Waals surface area contributed by atoms with Gasteiger partial charge in [0.2, 0.25) is 5.82 Å². The number of aryl methyl sites for hydroxylation is 1. The number of hydrogen-bond donors (Lipinski definition) is 1. The number of nitrogens with zero attached hydrogens (tertiary/aromatic N) is 3. The summed E-state index contributed by atoms with van der Waals surface area (Å²) in [6.45, 7) is 9.02. The summed E-state index contributed by atoms with van der Waals surface area (Å²) >= 11 is 0. The van der Waals surface area contributed by atoms with Gasteiger partial charge in [0.1, 0.15) is 5.82 Å². The van der Waals surface area contributed by atoms with E-state index >= 15 is 0 Å². The molecule has 21 heavy (non-hydrogen) atoms. The summed E-state index contributed by atoms with van der Waals surface area (Å²) in [5.74, 6) is 1.20. The average Bonchev–Trinajstić information content (AvgIpc) is 2.44. The Morgan fingerprint density at radius 1 is 1.33 bits per heavy atom. The second-order valence-electron chi connectivity index (χ2n) is 5.23. The molecule has 0 atom stereocenters. The van der Waals surface area contributed by atoms with Crippen molar-refractivity contribution in [3.8, 4) is 5.88 Å². The fraction of sp³-hybridized carbons (Fsp3) is 0.714. The van der Waals surface area contributed by atoms with Crippen LogP contribution in [0.1, 0.15) is 46.4 Å². The molecule has 0 aliphatic rings. The molecule has 0 amide bonds. The number of nitrogens with one attached hydrogen (secondary N) is 1. The Kier molecular flexibility index (Phi) is 6.84. The van der Waals surface area contributed by atoms with Crippen molar-refractivity contribution in [2.45, 2.75) is 47.0 Å². The molecule has 1 N–H and O–H groups in total. The zero-order valence-corrected chi connectivity index (χ0v) is 13.2. The molecule has 0 aliphatic heterocycles. The third-order valence-electron chi connectivity index (χ3n) is 2.81. The number of unbranched alkanes of at least 4 members (excludes halogenated alkanes) is 1. The highest BCUT2D eigenvalue weighted by Gasteiger charge is 2.26. The van der Waals surface area contributed by atoms with Crippen molar-refractivity contribution in [3.63, 3.8) is 0 Å². The van der Waals surface area contributed by atoms with E-state index in [2.05, 4.69) is 15.3 Å². The first kappa shape index (κ1) is 17.1. The van der Waals surface area contributed by atoms with E-state index < -0.39 is 4.92 Å². The number of ether oxygens (including phenoxy) is 1. The predicted octanol–water partition coefficient (Wildman–Crippen LogP) is 3.19. The largest absolute Gasteiger partial charge is 0.473 e. The van der Waals surface area contributed by atoms with Crippen molar-refractivity contribution < 1.29 is 9.66 Å². The van der Waals surface area contributed by atoms with Gasteiger partial charge in [-0.1, -0.05) is 34.1 Å². The molecule has 0 spiro atoms. The number of hydrogen-bond acceptors (Lipinski definition) is 6. The van der Waals surface area contributed by atoms with Crippen molar-refractivity contribution in [2.75, 3.05) is 18.5 Å².